The van der Waals surface area contributed by atoms with Crippen LogP contribution in [0.2, 0.25) is 0 Å². The van der Waals surface area contributed by atoms with Gasteiger partial charge < -0.3 is 4.98 Å². The molecular formula is C21H12FN7S. The molecule has 0 fully saturated rings. The van der Waals surface area contributed by atoms with Crippen LogP contribution < -0.4 is 0 Å². The van der Waals surface area contributed by atoms with Gasteiger partial charge in [-0.05, 0) is 30.3 Å². The van der Waals surface area contributed by atoms with Gasteiger partial charge in [0, 0.05) is 57.1 Å². The molecular weight excluding hydrogens is 401 g/mol. The third-order valence-electron chi connectivity index (χ3n) is 4.94. The van der Waals surface area contributed by atoms with E-state index < -0.39 is 0 Å². The van der Waals surface area contributed by atoms with Gasteiger partial charge in [-0.3, -0.25) is 5.10 Å². The van der Waals surface area contributed by atoms with Crippen LogP contribution in [0, 0.1) is 5.13 Å². The molecule has 0 aromatic carbocycles. The SMILES string of the molecule is Fc1ccc(-c2ccnc3[nH]c(-c4[nH]nc5ncc(-c6cncnc6)cc45)cc23)s1. The Bertz CT molecular complexity index is 1520. The first-order valence-corrected chi connectivity index (χ1v) is 9.91. The Balaban J connectivity index is 1.52. The van der Waals surface area contributed by atoms with E-state index >= 15 is 0 Å². The standard InChI is InChI=1S/C21H12FN7S/c22-18-2-1-17(30-18)13-3-4-25-20-14(13)6-16(27-20)19-15-5-11(9-26-21(15)29-28-19)12-7-23-10-24-8-12/h1-10H,(H,25,27)(H,26,28,29). The fourth-order valence-corrected chi connectivity index (χ4v) is 4.32. The van der Waals surface area contributed by atoms with Crippen molar-refractivity contribution in [3.63, 3.8) is 0 Å². The molecule has 6 aromatic heterocycles. The molecule has 7 nitrogen and oxygen atoms in total. The minimum absolute atomic E-state index is 0.214. The van der Waals surface area contributed by atoms with Crippen molar-refractivity contribution >= 4 is 33.4 Å². The zero-order chi connectivity index (χ0) is 20.1. The van der Waals surface area contributed by atoms with Crippen molar-refractivity contribution in [1.82, 2.24) is 35.1 Å². The van der Waals surface area contributed by atoms with Gasteiger partial charge in [0.2, 0.25) is 0 Å². The molecule has 144 valence electrons. The summed E-state index contributed by atoms with van der Waals surface area (Å²) in [6, 6.07) is 9.16. The second-order valence-electron chi connectivity index (χ2n) is 6.73. The number of halogens is 1. The number of aromatic amines is 2. The van der Waals surface area contributed by atoms with Gasteiger partial charge in [0.1, 0.15) is 12.0 Å². The molecule has 0 saturated carbocycles. The zero-order valence-corrected chi connectivity index (χ0v) is 16.1. The number of H-pyrrole nitrogens is 2. The second kappa shape index (κ2) is 6.53. The summed E-state index contributed by atoms with van der Waals surface area (Å²) in [6.45, 7) is 0. The molecule has 30 heavy (non-hydrogen) atoms. The Labute approximate surface area is 172 Å². The van der Waals surface area contributed by atoms with Crippen LogP contribution in [0.4, 0.5) is 4.39 Å². The molecule has 0 spiro atoms. The fraction of sp³-hybridized carbons (Fsp3) is 0. The van der Waals surface area contributed by atoms with E-state index in [1.807, 2.05) is 18.2 Å². The Hall–Kier alpha value is -3.98. The van der Waals surface area contributed by atoms with E-state index in [2.05, 4.69) is 35.1 Å². The number of aromatic nitrogens is 7. The van der Waals surface area contributed by atoms with E-state index in [-0.39, 0.29) is 5.13 Å². The average molecular weight is 413 g/mol. The molecule has 6 heterocycles. The molecule has 0 atom stereocenters. The summed E-state index contributed by atoms with van der Waals surface area (Å²) in [7, 11) is 0. The molecule has 0 aliphatic rings. The highest BCUT2D eigenvalue weighted by Gasteiger charge is 2.16. The third-order valence-corrected chi connectivity index (χ3v) is 5.85. The van der Waals surface area contributed by atoms with Crippen LogP contribution in [-0.2, 0) is 0 Å². The molecule has 2 N–H and O–H groups in total. The van der Waals surface area contributed by atoms with Gasteiger partial charge in [0.15, 0.2) is 10.8 Å². The lowest BCUT2D eigenvalue weighted by Crippen LogP contribution is -1.85. The molecule has 0 bridgehead atoms. The van der Waals surface area contributed by atoms with Crippen molar-refractivity contribution in [2.24, 2.45) is 0 Å². The summed E-state index contributed by atoms with van der Waals surface area (Å²) in [5, 5.41) is 8.97. The van der Waals surface area contributed by atoms with Gasteiger partial charge >= 0.3 is 0 Å². The highest BCUT2D eigenvalue weighted by molar-refractivity contribution is 7.14. The minimum Gasteiger partial charge on any atom is -0.338 e. The van der Waals surface area contributed by atoms with Gasteiger partial charge in [-0.25, -0.2) is 19.9 Å². The van der Waals surface area contributed by atoms with Gasteiger partial charge in [0.05, 0.1) is 11.4 Å². The van der Waals surface area contributed by atoms with Crippen molar-refractivity contribution in [3.05, 3.63) is 66.6 Å². The summed E-state index contributed by atoms with van der Waals surface area (Å²) >= 11 is 1.11. The highest BCUT2D eigenvalue weighted by atomic mass is 32.1. The molecule has 6 aromatic rings. The lowest BCUT2D eigenvalue weighted by molar-refractivity contribution is 0.657. The molecule has 6 rings (SSSR count). The topological polar surface area (TPSA) is 96.0 Å². The van der Waals surface area contributed by atoms with Gasteiger partial charge in [-0.2, -0.15) is 9.49 Å². The first-order chi connectivity index (χ1) is 14.8. The second-order valence-corrected chi connectivity index (χ2v) is 7.76. The average Bonchev–Trinajstić information content (AvgIpc) is 3.51. The zero-order valence-electron chi connectivity index (χ0n) is 15.3. The summed E-state index contributed by atoms with van der Waals surface area (Å²) in [6.07, 6.45) is 8.45. The Morgan fingerprint density at radius 2 is 1.80 bits per heavy atom. The number of thiophene rings is 1. The number of nitrogens with one attached hydrogen (secondary N) is 2. The monoisotopic (exact) mass is 413 g/mol. The van der Waals surface area contributed by atoms with E-state index in [0.717, 1.165) is 60.7 Å². The molecule has 0 radical (unpaired) electrons. The first-order valence-electron chi connectivity index (χ1n) is 9.09. The maximum absolute atomic E-state index is 13.6. The number of fused-ring (bicyclic) bond motifs is 2. The smallest absolute Gasteiger partial charge is 0.181 e. The van der Waals surface area contributed by atoms with E-state index in [4.69, 9.17) is 0 Å². The summed E-state index contributed by atoms with van der Waals surface area (Å²) in [5.74, 6) is 0. The normalized spacial score (nSPS) is 11.5. The third kappa shape index (κ3) is 2.67. The first kappa shape index (κ1) is 16.9. The van der Waals surface area contributed by atoms with E-state index in [1.54, 1.807) is 30.9 Å². The maximum atomic E-state index is 13.6. The van der Waals surface area contributed by atoms with E-state index in [1.165, 1.54) is 12.4 Å². The Kier molecular flexibility index (Phi) is 3.68. The van der Waals surface area contributed by atoms with Crippen LogP contribution >= 0.6 is 11.3 Å². The molecule has 0 amide bonds. The van der Waals surface area contributed by atoms with Crippen LogP contribution in [0.1, 0.15) is 0 Å². The van der Waals surface area contributed by atoms with Crippen LogP contribution in [0.15, 0.2) is 61.4 Å². The van der Waals surface area contributed by atoms with E-state index in [9.17, 15) is 4.39 Å². The van der Waals surface area contributed by atoms with Gasteiger partial charge in [-0.1, -0.05) is 0 Å². The molecule has 0 saturated heterocycles. The number of pyridine rings is 2. The van der Waals surface area contributed by atoms with Crippen LogP contribution in [0.5, 0.6) is 0 Å². The molecule has 0 unspecified atom stereocenters. The quantitative estimate of drug-likeness (QED) is 0.433. The summed E-state index contributed by atoms with van der Waals surface area (Å²) < 4.78 is 13.6. The Morgan fingerprint density at radius 1 is 0.900 bits per heavy atom. The van der Waals surface area contributed by atoms with Crippen LogP contribution in [0.3, 0.4) is 0 Å². The molecule has 9 heteroatoms. The van der Waals surface area contributed by atoms with Crippen molar-refractivity contribution < 1.29 is 4.39 Å². The summed E-state index contributed by atoms with van der Waals surface area (Å²) in [5.41, 5.74) is 5.66. The number of hydrogen-bond acceptors (Lipinski definition) is 6. The largest absolute Gasteiger partial charge is 0.338 e. The van der Waals surface area contributed by atoms with Crippen LogP contribution in [0.25, 0.3) is 55.0 Å². The predicted octanol–water partition coefficient (Wildman–Crippen LogP) is 4.83. The van der Waals surface area contributed by atoms with Crippen molar-refractivity contribution in [2.45, 2.75) is 0 Å². The van der Waals surface area contributed by atoms with Crippen molar-refractivity contribution in [1.29, 1.82) is 0 Å². The fourth-order valence-electron chi connectivity index (χ4n) is 3.55. The minimum atomic E-state index is -0.214. The number of nitrogens with zero attached hydrogens (tertiary/aromatic N) is 5. The molecule has 0 aliphatic heterocycles. The molecule has 0 aliphatic carbocycles. The number of rotatable bonds is 3. The highest BCUT2D eigenvalue weighted by Crippen LogP contribution is 2.36. The van der Waals surface area contributed by atoms with Crippen LogP contribution in [-0.4, -0.2) is 35.1 Å². The van der Waals surface area contributed by atoms with E-state index in [0.29, 0.717) is 5.65 Å². The maximum Gasteiger partial charge on any atom is 0.181 e. The van der Waals surface area contributed by atoms with Crippen molar-refractivity contribution in [3.8, 4) is 33.0 Å². The summed E-state index contributed by atoms with van der Waals surface area (Å²) in [4.78, 5) is 21.2. The number of hydrogen-bond donors (Lipinski definition) is 2. The van der Waals surface area contributed by atoms with Gasteiger partial charge in [-0.15, -0.1) is 11.3 Å². The lowest BCUT2D eigenvalue weighted by Gasteiger charge is -2.00. The van der Waals surface area contributed by atoms with Crippen molar-refractivity contribution in [2.75, 3.05) is 0 Å². The Morgan fingerprint density at radius 3 is 2.63 bits per heavy atom. The lowest BCUT2D eigenvalue weighted by atomic mass is 10.1. The predicted molar refractivity (Wildman–Crippen MR) is 113 cm³/mol. The van der Waals surface area contributed by atoms with Gasteiger partial charge in [0.25, 0.3) is 0 Å².